The number of hydrogen-bond acceptors (Lipinski definition) is 10. The standard InChI is InChI=1S/C27H31F3N2O10/c1-4-42-25(38)22-19(14-41-12-11-40-10-9-31)32-15(2)21(24(37)39-3)26(22,18(23(35)36)13-20(33)34)16-7-5-6-8-17(16)27(28,29)30/h5-8,13,21H,4,9-12,14,31H2,1-3H3,(H,33,34)(H,35,36). The summed E-state index contributed by atoms with van der Waals surface area (Å²) < 4.78 is 64.3. The Morgan fingerprint density at radius 2 is 1.74 bits per heavy atom. The van der Waals surface area contributed by atoms with Crippen molar-refractivity contribution in [2.45, 2.75) is 25.4 Å². The average Bonchev–Trinajstić information content (AvgIpc) is 2.92. The van der Waals surface area contributed by atoms with E-state index in [1.165, 1.54) is 13.8 Å². The van der Waals surface area contributed by atoms with Crippen molar-refractivity contribution in [2.75, 3.05) is 46.7 Å². The molecule has 2 unspecified atom stereocenters. The predicted octanol–water partition coefficient (Wildman–Crippen LogP) is 2.11. The van der Waals surface area contributed by atoms with Gasteiger partial charge in [-0.25, -0.2) is 14.4 Å². The number of aliphatic imine (C=N–C) groups is 1. The molecule has 1 aliphatic rings. The molecule has 2 atom stereocenters. The molecular weight excluding hydrogens is 569 g/mol. The summed E-state index contributed by atoms with van der Waals surface area (Å²) in [5, 5.41) is 20.0. The lowest BCUT2D eigenvalue weighted by Crippen LogP contribution is -2.54. The van der Waals surface area contributed by atoms with E-state index < -0.39 is 70.3 Å². The number of carboxylic acids is 2. The lowest BCUT2D eigenvalue weighted by molar-refractivity contribution is -0.148. The Bertz CT molecular complexity index is 1290. The molecule has 1 aliphatic heterocycles. The Morgan fingerprint density at radius 1 is 1.10 bits per heavy atom. The Labute approximate surface area is 238 Å². The second-order valence-corrected chi connectivity index (χ2v) is 8.76. The van der Waals surface area contributed by atoms with Gasteiger partial charge in [-0.3, -0.25) is 9.79 Å². The third-order valence-corrected chi connectivity index (χ3v) is 6.21. The molecule has 230 valence electrons. The largest absolute Gasteiger partial charge is 0.478 e. The minimum absolute atomic E-state index is 0.0358. The van der Waals surface area contributed by atoms with Crippen LogP contribution in [0, 0.1) is 5.92 Å². The molecule has 0 saturated heterocycles. The Kier molecular flexibility index (Phi) is 11.9. The molecule has 4 N–H and O–H groups in total. The summed E-state index contributed by atoms with van der Waals surface area (Å²) in [6, 6.07) is 3.60. The molecule has 12 nitrogen and oxygen atoms in total. The van der Waals surface area contributed by atoms with Gasteiger partial charge in [0.25, 0.3) is 0 Å². The van der Waals surface area contributed by atoms with Gasteiger partial charge in [0.1, 0.15) is 5.92 Å². The zero-order valence-corrected chi connectivity index (χ0v) is 23.0. The molecule has 0 spiro atoms. The number of carbonyl (C=O) groups is 4. The van der Waals surface area contributed by atoms with E-state index in [1.54, 1.807) is 0 Å². The van der Waals surface area contributed by atoms with Crippen LogP contribution in [-0.4, -0.2) is 86.5 Å². The second-order valence-electron chi connectivity index (χ2n) is 8.76. The van der Waals surface area contributed by atoms with E-state index in [1.807, 2.05) is 0 Å². The topological polar surface area (TPSA) is 184 Å². The van der Waals surface area contributed by atoms with E-state index in [0.29, 0.717) is 6.07 Å². The number of nitrogens with zero attached hydrogens (tertiary/aromatic N) is 1. The van der Waals surface area contributed by atoms with Crippen molar-refractivity contribution in [3.63, 3.8) is 0 Å². The van der Waals surface area contributed by atoms with Crippen LogP contribution in [0.3, 0.4) is 0 Å². The van der Waals surface area contributed by atoms with Crippen molar-refractivity contribution in [1.82, 2.24) is 0 Å². The molecule has 2 rings (SSSR count). The Balaban J connectivity index is 3.19. The van der Waals surface area contributed by atoms with Gasteiger partial charge in [0, 0.05) is 18.3 Å². The molecular formula is C27H31F3N2O10. The molecule has 1 heterocycles. The van der Waals surface area contributed by atoms with Gasteiger partial charge in [-0.2, -0.15) is 13.2 Å². The first-order valence-corrected chi connectivity index (χ1v) is 12.5. The van der Waals surface area contributed by atoms with Crippen LogP contribution < -0.4 is 5.73 Å². The molecule has 1 aromatic carbocycles. The van der Waals surface area contributed by atoms with Gasteiger partial charge in [-0.15, -0.1) is 0 Å². The van der Waals surface area contributed by atoms with Crippen molar-refractivity contribution in [1.29, 1.82) is 0 Å². The van der Waals surface area contributed by atoms with Crippen LogP contribution in [0.2, 0.25) is 0 Å². The Morgan fingerprint density at radius 3 is 2.29 bits per heavy atom. The van der Waals surface area contributed by atoms with Gasteiger partial charge < -0.3 is 34.9 Å². The number of benzene rings is 1. The maximum Gasteiger partial charge on any atom is 0.416 e. The number of methoxy groups -OCH3 is 1. The summed E-state index contributed by atoms with van der Waals surface area (Å²) in [6.45, 7) is 2.06. The summed E-state index contributed by atoms with van der Waals surface area (Å²) >= 11 is 0. The molecule has 15 heteroatoms. The smallest absolute Gasteiger partial charge is 0.416 e. The molecule has 42 heavy (non-hydrogen) atoms. The fraction of sp³-hybridized carbons (Fsp3) is 0.444. The number of rotatable bonds is 14. The van der Waals surface area contributed by atoms with Crippen LogP contribution in [0.15, 0.2) is 52.2 Å². The summed E-state index contributed by atoms with van der Waals surface area (Å²) in [7, 11) is 0.894. The highest BCUT2D eigenvalue weighted by molar-refractivity contribution is 6.13. The minimum atomic E-state index is -5.16. The highest BCUT2D eigenvalue weighted by Gasteiger charge is 2.61. The first kappa shape index (κ1) is 34.1. The number of ether oxygens (including phenoxy) is 4. The van der Waals surface area contributed by atoms with Crippen LogP contribution in [0.25, 0.3) is 0 Å². The molecule has 1 aromatic rings. The van der Waals surface area contributed by atoms with Gasteiger partial charge in [-0.1, -0.05) is 18.2 Å². The zero-order valence-electron chi connectivity index (χ0n) is 23.0. The maximum atomic E-state index is 14.5. The van der Waals surface area contributed by atoms with E-state index in [-0.39, 0.29) is 50.5 Å². The van der Waals surface area contributed by atoms with Crippen LogP contribution in [0.5, 0.6) is 0 Å². The van der Waals surface area contributed by atoms with Crippen molar-refractivity contribution < 1.29 is 61.5 Å². The number of carbonyl (C=O) groups excluding carboxylic acids is 2. The van der Waals surface area contributed by atoms with Gasteiger partial charge in [0.2, 0.25) is 0 Å². The van der Waals surface area contributed by atoms with Crippen LogP contribution in [0.4, 0.5) is 13.2 Å². The highest BCUT2D eigenvalue weighted by atomic mass is 19.4. The average molecular weight is 601 g/mol. The fourth-order valence-electron chi connectivity index (χ4n) is 4.81. The van der Waals surface area contributed by atoms with Gasteiger partial charge in [0.05, 0.1) is 68.0 Å². The molecule has 0 bridgehead atoms. The molecule has 0 saturated carbocycles. The SMILES string of the molecule is CCOC(=O)C1=C(COCCOCCN)N=C(C)C(C(=O)OC)C1(C(=CC(=O)O)C(=O)O)c1ccccc1C(F)(F)F. The number of aliphatic carboxylic acids is 2. The predicted molar refractivity (Wildman–Crippen MR) is 139 cm³/mol. The van der Waals surface area contributed by atoms with Crippen molar-refractivity contribution in [3.8, 4) is 0 Å². The second kappa shape index (κ2) is 14.7. The molecule has 0 aromatic heterocycles. The van der Waals surface area contributed by atoms with E-state index in [2.05, 4.69) is 4.99 Å². The number of halogens is 3. The molecule has 0 radical (unpaired) electrons. The first-order chi connectivity index (χ1) is 19.8. The number of alkyl halides is 3. The summed E-state index contributed by atoms with van der Waals surface area (Å²) in [5.74, 6) is -8.60. The number of carboxylic acid groups (broad SMARTS) is 2. The van der Waals surface area contributed by atoms with Gasteiger partial charge in [-0.05, 0) is 25.5 Å². The molecule has 0 fully saturated rings. The lowest BCUT2D eigenvalue weighted by Gasteiger charge is -2.44. The Hall–Kier alpha value is -4.08. The quantitative estimate of drug-likeness (QED) is 0.161. The highest BCUT2D eigenvalue weighted by Crippen LogP contribution is 2.54. The van der Waals surface area contributed by atoms with Crippen LogP contribution >= 0.6 is 0 Å². The van der Waals surface area contributed by atoms with Gasteiger partial charge >= 0.3 is 30.1 Å². The molecule has 0 aliphatic carbocycles. The fourth-order valence-corrected chi connectivity index (χ4v) is 4.81. The summed E-state index contributed by atoms with van der Waals surface area (Å²) in [6.07, 6.45) is -5.03. The third kappa shape index (κ3) is 7.21. The van der Waals surface area contributed by atoms with E-state index >= 15 is 0 Å². The third-order valence-electron chi connectivity index (χ3n) is 6.21. The number of hydrogen-bond donors (Lipinski definition) is 3. The number of esters is 2. The number of nitrogens with two attached hydrogens (primary N) is 1. The summed E-state index contributed by atoms with van der Waals surface area (Å²) in [4.78, 5) is 56.0. The summed E-state index contributed by atoms with van der Waals surface area (Å²) in [5.41, 5.74) is -2.70. The van der Waals surface area contributed by atoms with Gasteiger partial charge in [0.15, 0.2) is 0 Å². The van der Waals surface area contributed by atoms with Crippen molar-refractivity contribution >= 4 is 29.6 Å². The monoisotopic (exact) mass is 600 g/mol. The van der Waals surface area contributed by atoms with E-state index in [9.17, 15) is 42.6 Å². The minimum Gasteiger partial charge on any atom is -0.478 e. The first-order valence-electron chi connectivity index (χ1n) is 12.5. The van der Waals surface area contributed by atoms with Crippen LogP contribution in [0.1, 0.15) is 25.0 Å². The normalized spacial score (nSPS) is 19.3. The van der Waals surface area contributed by atoms with Crippen molar-refractivity contribution in [2.24, 2.45) is 16.6 Å². The zero-order chi connectivity index (χ0) is 31.7. The maximum absolute atomic E-state index is 14.5. The van der Waals surface area contributed by atoms with E-state index in [0.717, 1.165) is 25.3 Å². The van der Waals surface area contributed by atoms with E-state index in [4.69, 9.17) is 24.7 Å². The van der Waals surface area contributed by atoms with Crippen molar-refractivity contribution in [3.05, 3.63) is 58.3 Å². The lowest BCUT2D eigenvalue weighted by atomic mass is 9.57. The molecule has 0 amide bonds. The van der Waals surface area contributed by atoms with Crippen LogP contribution in [-0.2, 0) is 49.7 Å².